The van der Waals surface area contributed by atoms with Gasteiger partial charge in [0, 0.05) is 24.4 Å². The number of nitrogen functional groups attached to an aromatic ring is 1. The first kappa shape index (κ1) is 22.6. The molecule has 0 saturated carbocycles. The van der Waals surface area contributed by atoms with Crippen LogP contribution in [0.3, 0.4) is 0 Å². The summed E-state index contributed by atoms with van der Waals surface area (Å²) in [6.07, 6.45) is 0. The van der Waals surface area contributed by atoms with Crippen LogP contribution in [0.15, 0.2) is 47.0 Å². The van der Waals surface area contributed by atoms with E-state index in [4.69, 9.17) is 19.7 Å². The van der Waals surface area contributed by atoms with E-state index in [1.165, 1.54) is 11.8 Å². The number of nitrogens with one attached hydrogen (secondary N) is 2. The Balaban J connectivity index is 1.55. The topological polar surface area (TPSA) is 142 Å². The average Bonchev–Trinajstić information content (AvgIpc) is 3.44. The molecule has 0 aliphatic carbocycles. The maximum absolute atomic E-state index is 12.7. The Morgan fingerprint density at radius 3 is 2.53 bits per heavy atom. The third kappa shape index (κ3) is 4.49. The van der Waals surface area contributed by atoms with Crippen molar-refractivity contribution in [2.45, 2.75) is 13.5 Å². The normalized spacial score (nSPS) is 10.7. The second-order valence-electron chi connectivity index (χ2n) is 7.42. The third-order valence-corrected chi connectivity index (χ3v) is 5.14. The number of carbonyl (C=O) groups is 1. The van der Waals surface area contributed by atoms with E-state index in [1.807, 2.05) is 31.2 Å². The molecule has 0 saturated heterocycles. The molecule has 11 nitrogen and oxygen atoms in total. The van der Waals surface area contributed by atoms with Gasteiger partial charge in [0.2, 0.25) is 11.7 Å². The van der Waals surface area contributed by atoms with Gasteiger partial charge < -0.3 is 30.4 Å². The first-order chi connectivity index (χ1) is 16.4. The molecule has 4 N–H and O–H groups in total. The van der Waals surface area contributed by atoms with Crippen molar-refractivity contribution in [3.8, 4) is 34.3 Å². The summed E-state index contributed by atoms with van der Waals surface area (Å²) in [7, 11) is 4.76. The number of rotatable bonds is 8. The highest BCUT2D eigenvalue weighted by atomic mass is 16.5. The van der Waals surface area contributed by atoms with Crippen LogP contribution in [-0.2, 0) is 11.3 Å². The van der Waals surface area contributed by atoms with Crippen molar-refractivity contribution in [1.82, 2.24) is 19.9 Å². The van der Waals surface area contributed by atoms with Crippen LogP contribution in [0.1, 0.15) is 5.56 Å². The fraction of sp³-hybridized carbons (Fsp3) is 0.217. The molecule has 0 fully saturated rings. The Kier molecular flexibility index (Phi) is 6.35. The van der Waals surface area contributed by atoms with Crippen LogP contribution in [0.5, 0.6) is 11.5 Å². The first-order valence-electron chi connectivity index (χ1n) is 10.4. The van der Waals surface area contributed by atoms with E-state index in [9.17, 15) is 4.79 Å². The van der Waals surface area contributed by atoms with Crippen LogP contribution in [0, 0.1) is 6.92 Å². The minimum absolute atomic E-state index is 0.131. The van der Waals surface area contributed by atoms with E-state index >= 15 is 0 Å². The molecule has 0 radical (unpaired) electrons. The van der Waals surface area contributed by atoms with Crippen molar-refractivity contribution >= 4 is 23.2 Å². The molecule has 0 aliphatic heterocycles. The van der Waals surface area contributed by atoms with Crippen LogP contribution < -0.4 is 25.8 Å². The molecule has 34 heavy (non-hydrogen) atoms. The molecule has 4 rings (SSSR count). The van der Waals surface area contributed by atoms with Crippen LogP contribution in [0.4, 0.5) is 17.3 Å². The molecule has 176 valence electrons. The van der Waals surface area contributed by atoms with E-state index in [0.717, 1.165) is 11.1 Å². The SMILES string of the molecule is CNc1nn(CC(=O)Nc2ccc(OC)c(OC)c2)c(N)c1-c1nc(-c2ccc(C)cc2)no1. The molecular formula is C23H25N7O4. The van der Waals surface area contributed by atoms with Crippen molar-refractivity contribution < 1.29 is 18.8 Å². The van der Waals surface area contributed by atoms with E-state index in [0.29, 0.717) is 34.4 Å². The smallest absolute Gasteiger partial charge is 0.265 e. The van der Waals surface area contributed by atoms with Crippen LogP contribution in [0.25, 0.3) is 22.8 Å². The lowest BCUT2D eigenvalue weighted by atomic mass is 10.1. The van der Waals surface area contributed by atoms with Gasteiger partial charge in [-0.15, -0.1) is 0 Å². The number of hydrogen-bond acceptors (Lipinski definition) is 9. The van der Waals surface area contributed by atoms with Gasteiger partial charge in [-0.1, -0.05) is 35.0 Å². The minimum atomic E-state index is -0.332. The van der Waals surface area contributed by atoms with Crippen molar-refractivity contribution in [2.24, 2.45) is 0 Å². The zero-order valence-electron chi connectivity index (χ0n) is 19.2. The summed E-state index contributed by atoms with van der Waals surface area (Å²) in [4.78, 5) is 17.1. The lowest BCUT2D eigenvalue weighted by molar-refractivity contribution is -0.116. The zero-order valence-corrected chi connectivity index (χ0v) is 19.2. The molecule has 2 aromatic heterocycles. The van der Waals surface area contributed by atoms with Gasteiger partial charge in [0.25, 0.3) is 5.89 Å². The van der Waals surface area contributed by atoms with Gasteiger partial charge in [0.1, 0.15) is 17.9 Å². The molecule has 2 heterocycles. The zero-order chi connectivity index (χ0) is 24.2. The number of nitrogens with two attached hydrogens (primary N) is 1. The van der Waals surface area contributed by atoms with Gasteiger partial charge in [-0.25, -0.2) is 4.68 Å². The summed E-state index contributed by atoms with van der Waals surface area (Å²) >= 11 is 0. The average molecular weight is 463 g/mol. The van der Waals surface area contributed by atoms with Crippen LogP contribution >= 0.6 is 0 Å². The van der Waals surface area contributed by atoms with Gasteiger partial charge >= 0.3 is 0 Å². The predicted octanol–water partition coefficient (Wildman–Crippen LogP) is 3.19. The second-order valence-corrected chi connectivity index (χ2v) is 7.42. The highest BCUT2D eigenvalue weighted by Gasteiger charge is 2.23. The van der Waals surface area contributed by atoms with E-state index in [-0.39, 0.29) is 24.2 Å². The highest BCUT2D eigenvalue weighted by Crippen LogP contribution is 2.34. The standard InChI is InChI=1S/C23H25N7O4/c1-13-5-7-14(8-6-13)21-27-23(34-29-21)19-20(24)30(28-22(19)25-2)12-18(31)26-15-9-10-16(32-3)17(11-15)33-4/h5-11H,12,24H2,1-4H3,(H,25,28)(H,26,31). The van der Waals surface area contributed by atoms with Gasteiger partial charge in [-0.05, 0) is 19.1 Å². The number of hydrogen-bond donors (Lipinski definition) is 3. The molecule has 1 amide bonds. The van der Waals surface area contributed by atoms with Crippen molar-refractivity contribution in [2.75, 3.05) is 37.6 Å². The Bertz CT molecular complexity index is 1310. The number of aromatic nitrogens is 4. The van der Waals surface area contributed by atoms with Gasteiger partial charge in [-0.2, -0.15) is 10.1 Å². The summed E-state index contributed by atoms with van der Waals surface area (Å²) in [6.45, 7) is 1.87. The number of carbonyl (C=O) groups excluding carboxylic acids is 1. The predicted molar refractivity (Wildman–Crippen MR) is 128 cm³/mol. The van der Waals surface area contributed by atoms with E-state index in [1.54, 1.807) is 32.4 Å². The number of amides is 1. The Morgan fingerprint density at radius 2 is 1.85 bits per heavy atom. The first-order valence-corrected chi connectivity index (χ1v) is 10.4. The second kappa shape index (κ2) is 9.53. The summed E-state index contributed by atoms with van der Waals surface area (Å²) in [5.74, 6) is 1.98. The summed E-state index contributed by atoms with van der Waals surface area (Å²) < 4.78 is 17.3. The third-order valence-electron chi connectivity index (χ3n) is 5.14. The number of benzene rings is 2. The van der Waals surface area contributed by atoms with Crippen molar-refractivity contribution in [3.63, 3.8) is 0 Å². The van der Waals surface area contributed by atoms with Crippen molar-refractivity contribution in [3.05, 3.63) is 48.0 Å². The maximum atomic E-state index is 12.7. The molecule has 0 aliphatic rings. The van der Waals surface area contributed by atoms with Gasteiger partial charge in [-0.3, -0.25) is 4.79 Å². The monoisotopic (exact) mass is 463 g/mol. The summed E-state index contributed by atoms with van der Waals surface area (Å²) in [5, 5.41) is 14.2. The largest absolute Gasteiger partial charge is 0.493 e. The van der Waals surface area contributed by atoms with Crippen LogP contribution in [0.2, 0.25) is 0 Å². The maximum Gasteiger partial charge on any atom is 0.265 e. The quantitative estimate of drug-likeness (QED) is 0.359. The number of anilines is 3. The number of nitrogens with zero attached hydrogens (tertiary/aromatic N) is 4. The molecule has 0 bridgehead atoms. The molecule has 11 heteroatoms. The molecule has 2 aromatic carbocycles. The number of methoxy groups -OCH3 is 2. The fourth-order valence-corrected chi connectivity index (χ4v) is 3.38. The van der Waals surface area contributed by atoms with Crippen LogP contribution in [-0.4, -0.2) is 47.1 Å². The Labute approximate surface area is 195 Å². The summed E-state index contributed by atoms with van der Waals surface area (Å²) in [5.41, 5.74) is 9.23. The van der Waals surface area contributed by atoms with E-state index in [2.05, 4.69) is 25.9 Å². The highest BCUT2D eigenvalue weighted by molar-refractivity contribution is 5.92. The number of aryl methyl sites for hydroxylation is 1. The van der Waals surface area contributed by atoms with Gasteiger partial charge in [0.05, 0.1) is 14.2 Å². The Hall–Kier alpha value is -4.54. The summed E-state index contributed by atoms with van der Waals surface area (Å²) in [6, 6.07) is 12.8. The molecular weight excluding hydrogens is 438 g/mol. The molecule has 0 atom stereocenters. The van der Waals surface area contributed by atoms with Crippen molar-refractivity contribution in [1.29, 1.82) is 0 Å². The fourth-order valence-electron chi connectivity index (χ4n) is 3.38. The molecule has 0 spiro atoms. The lowest BCUT2D eigenvalue weighted by Gasteiger charge is -2.11. The molecule has 4 aromatic rings. The molecule has 0 unspecified atom stereocenters. The minimum Gasteiger partial charge on any atom is -0.493 e. The Morgan fingerprint density at radius 1 is 1.12 bits per heavy atom. The number of ether oxygens (including phenoxy) is 2. The van der Waals surface area contributed by atoms with E-state index < -0.39 is 0 Å². The lowest BCUT2D eigenvalue weighted by Crippen LogP contribution is -2.20. The van der Waals surface area contributed by atoms with Gasteiger partial charge in [0.15, 0.2) is 17.3 Å².